The number of hydrogen-bond donors (Lipinski definition) is 0. The second kappa shape index (κ2) is 3.05. The van der Waals surface area contributed by atoms with Crippen molar-refractivity contribution < 1.29 is 14.4 Å². The van der Waals surface area contributed by atoms with Gasteiger partial charge in [-0.15, -0.1) is 0 Å². The fourth-order valence-electron chi connectivity index (χ4n) is 1.24. The first-order valence-electron chi connectivity index (χ1n) is 3.86. The zero-order valence-corrected chi connectivity index (χ0v) is 7.16. The maximum absolute atomic E-state index is 11.2. The number of Topliss-reactive ketones (excluding diaryl/α,β-unsaturated/α-hetero) is 1. The molecule has 0 aromatic carbocycles. The van der Waals surface area contributed by atoms with Crippen molar-refractivity contribution in [2.75, 3.05) is 6.54 Å². The van der Waals surface area contributed by atoms with Gasteiger partial charge in [0.1, 0.15) is 5.78 Å². The number of imide groups is 1. The van der Waals surface area contributed by atoms with Gasteiger partial charge < -0.3 is 0 Å². The van der Waals surface area contributed by atoms with Crippen LogP contribution in [0, 0.1) is 5.92 Å². The topological polar surface area (TPSA) is 54.5 Å². The smallest absolute Gasteiger partial charge is 0.232 e. The van der Waals surface area contributed by atoms with Gasteiger partial charge in [0, 0.05) is 12.3 Å². The highest BCUT2D eigenvalue weighted by atomic mass is 16.2. The number of likely N-dealkylation sites (tertiary alicyclic amines) is 1. The van der Waals surface area contributed by atoms with Crippen molar-refractivity contribution in [2.45, 2.75) is 20.3 Å². The molecule has 2 amide bonds. The molecule has 0 aromatic heterocycles. The van der Waals surface area contributed by atoms with Crippen molar-refractivity contribution in [3.8, 4) is 0 Å². The van der Waals surface area contributed by atoms with Crippen LogP contribution in [0.3, 0.4) is 0 Å². The van der Waals surface area contributed by atoms with Crippen LogP contribution < -0.4 is 0 Å². The van der Waals surface area contributed by atoms with E-state index in [9.17, 15) is 14.4 Å². The summed E-state index contributed by atoms with van der Waals surface area (Å²) >= 11 is 0. The van der Waals surface area contributed by atoms with Gasteiger partial charge in [-0.05, 0) is 6.92 Å². The minimum absolute atomic E-state index is 0.0675. The molecule has 1 heterocycles. The van der Waals surface area contributed by atoms with Crippen LogP contribution in [-0.2, 0) is 14.4 Å². The second-order valence-corrected chi connectivity index (χ2v) is 3.13. The van der Waals surface area contributed by atoms with Gasteiger partial charge >= 0.3 is 0 Å². The van der Waals surface area contributed by atoms with Gasteiger partial charge in [-0.3, -0.25) is 19.3 Å². The molecule has 0 unspecified atom stereocenters. The summed E-state index contributed by atoms with van der Waals surface area (Å²) < 4.78 is 0. The highest BCUT2D eigenvalue weighted by molar-refractivity contribution is 6.05. The number of carbonyl (C=O) groups excluding carboxylic acids is 3. The molecule has 0 radical (unpaired) electrons. The Morgan fingerprint density at radius 2 is 2.17 bits per heavy atom. The Balaban J connectivity index is 2.70. The Kier molecular flexibility index (Phi) is 2.26. The summed E-state index contributed by atoms with van der Waals surface area (Å²) in [4.78, 5) is 34.0. The number of amides is 2. The lowest BCUT2D eigenvalue weighted by Gasteiger charge is -2.10. The van der Waals surface area contributed by atoms with Crippen molar-refractivity contribution >= 4 is 17.6 Å². The standard InChI is InChI=1S/C8H11NO3/c1-5-3-7(11)9(8(5)12)4-6(2)10/h5H,3-4H2,1-2H3/t5-/m0/s1. The van der Waals surface area contributed by atoms with E-state index in [2.05, 4.69) is 0 Å². The summed E-state index contributed by atoms with van der Waals surface area (Å²) in [5, 5.41) is 0. The Morgan fingerprint density at radius 1 is 1.58 bits per heavy atom. The molecule has 1 atom stereocenters. The molecule has 0 saturated carbocycles. The Morgan fingerprint density at radius 3 is 2.50 bits per heavy atom. The van der Waals surface area contributed by atoms with Gasteiger partial charge in [0.15, 0.2) is 0 Å². The fourth-order valence-corrected chi connectivity index (χ4v) is 1.24. The maximum atomic E-state index is 11.2. The summed E-state index contributed by atoms with van der Waals surface area (Å²) in [6, 6.07) is 0. The van der Waals surface area contributed by atoms with Crippen molar-refractivity contribution in [3.05, 3.63) is 0 Å². The molecule has 1 rings (SSSR count). The van der Waals surface area contributed by atoms with E-state index in [0.717, 1.165) is 4.90 Å². The van der Waals surface area contributed by atoms with E-state index >= 15 is 0 Å². The minimum Gasteiger partial charge on any atom is -0.298 e. The molecule has 1 aliphatic rings. The quantitative estimate of drug-likeness (QED) is 0.545. The average molecular weight is 169 g/mol. The zero-order chi connectivity index (χ0) is 9.30. The highest BCUT2D eigenvalue weighted by Gasteiger charge is 2.35. The molecule has 1 saturated heterocycles. The van der Waals surface area contributed by atoms with Gasteiger partial charge in [0.2, 0.25) is 11.8 Å². The molecule has 4 heteroatoms. The summed E-state index contributed by atoms with van der Waals surface area (Å²) in [5.74, 6) is -0.874. The van der Waals surface area contributed by atoms with Crippen LogP contribution in [0.15, 0.2) is 0 Å². The molecule has 4 nitrogen and oxygen atoms in total. The first kappa shape index (κ1) is 8.90. The van der Waals surface area contributed by atoms with Gasteiger partial charge in [-0.1, -0.05) is 6.92 Å². The average Bonchev–Trinajstić information content (AvgIpc) is 2.16. The monoisotopic (exact) mass is 169 g/mol. The molecule has 0 aromatic rings. The zero-order valence-electron chi connectivity index (χ0n) is 7.16. The molecular formula is C8H11NO3. The van der Waals surface area contributed by atoms with E-state index in [1.807, 2.05) is 0 Å². The van der Waals surface area contributed by atoms with E-state index in [1.165, 1.54) is 6.92 Å². The van der Waals surface area contributed by atoms with Crippen LogP contribution in [0.2, 0.25) is 0 Å². The first-order valence-corrected chi connectivity index (χ1v) is 3.86. The van der Waals surface area contributed by atoms with Crippen LogP contribution in [0.4, 0.5) is 0 Å². The molecular weight excluding hydrogens is 158 g/mol. The largest absolute Gasteiger partial charge is 0.298 e. The van der Waals surface area contributed by atoms with Gasteiger partial charge in [0.05, 0.1) is 6.54 Å². The lowest BCUT2D eigenvalue weighted by atomic mass is 10.1. The molecule has 66 valence electrons. The highest BCUT2D eigenvalue weighted by Crippen LogP contribution is 2.17. The first-order chi connectivity index (χ1) is 5.52. The molecule has 0 spiro atoms. The Hall–Kier alpha value is -1.19. The number of hydrogen-bond acceptors (Lipinski definition) is 3. The number of ketones is 1. The third kappa shape index (κ3) is 1.52. The fraction of sp³-hybridized carbons (Fsp3) is 0.625. The third-order valence-electron chi connectivity index (χ3n) is 1.85. The molecule has 12 heavy (non-hydrogen) atoms. The van der Waals surface area contributed by atoms with E-state index in [4.69, 9.17) is 0 Å². The molecule has 1 aliphatic heterocycles. The van der Waals surface area contributed by atoms with Crippen LogP contribution in [0.25, 0.3) is 0 Å². The SMILES string of the molecule is CC(=O)CN1C(=O)C[C@H](C)C1=O. The van der Waals surface area contributed by atoms with Crippen LogP contribution in [0.1, 0.15) is 20.3 Å². The van der Waals surface area contributed by atoms with E-state index in [-0.39, 0.29) is 36.5 Å². The lowest BCUT2D eigenvalue weighted by molar-refractivity contribution is -0.142. The van der Waals surface area contributed by atoms with Crippen molar-refractivity contribution in [1.29, 1.82) is 0 Å². The number of rotatable bonds is 2. The number of carbonyl (C=O) groups is 3. The van der Waals surface area contributed by atoms with E-state index in [0.29, 0.717) is 0 Å². The predicted molar refractivity (Wildman–Crippen MR) is 41.2 cm³/mol. The van der Waals surface area contributed by atoms with Gasteiger partial charge in [-0.25, -0.2) is 0 Å². The summed E-state index contributed by atoms with van der Waals surface area (Å²) in [7, 11) is 0. The maximum Gasteiger partial charge on any atom is 0.232 e. The third-order valence-corrected chi connectivity index (χ3v) is 1.85. The van der Waals surface area contributed by atoms with Crippen LogP contribution >= 0.6 is 0 Å². The second-order valence-electron chi connectivity index (χ2n) is 3.13. The Bertz CT molecular complexity index is 247. The van der Waals surface area contributed by atoms with E-state index in [1.54, 1.807) is 6.92 Å². The van der Waals surface area contributed by atoms with Crippen LogP contribution in [-0.4, -0.2) is 29.0 Å². The van der Waals surface area contributed by atoms with Crippen LogP contribution in [0.5, 0.6) is 0 Å². The summed E-state index contributed by atoms with van der Waals surface area (Å²) in [5.41, 5.74) is 0. The molecule has 0 bridgehead atoms. The normalized spacial score (nSPS) is 23.5. The molecule has 1 fully saturated rings. The summed E-state index contributed by atoms with van der Waals surface area (Å²) in [6.45, 7) is 2.99. The van der Waals surface area contributed by atoms with Crippen molar-refractivity contribution in [2.24, 2.45) is 5.92 Å². The van der Waals surface area contributed by atoms with Crippen molar-refractivity contribution in [3.63, 3.8) is 0 Å². The van der Waals surface area contributed by atoms with E-state index < -0.39 is 0 Å². The van der Waals surface area contributed by atoms with Crippen molar-refractivity contribution in [1.82, 2.24) is 4.90 Å². The Labute approximate surface area is 70.5 Å². The van der Waals surface area contributed by atoms with Gasteiger partial charge in [-0.2, -0.15) is 0 Å². The number of nitrogens with zero attached hydrogens (tertiary/aromatic N) is 1. The predicted octanol–water partition coefficient (Wildman–Crippen LogP) is -0.0296. The summed E-state index contributed by atoms with van der Waals surface area (Å²) in [6.07, 6.45) is 0.242. The minimum atomic E-state index is -0.253. The molecule has 0 aliphatic carbocycles. The van der Waals surface area contributed by atoms with Gasteiger partial charge in [0.25, 0.3) is 0 Å². The lowest BCUT2D eigenvalue weighted by Crippen LogP contribution is -2.34. The molecule has 0 N–H and O–H groups in total.